The molecule has 1 atom stereocenters. The minimum atomic E-state index is -0.979. The van der Waals surface area contributed by atoms with Crippen LogP contribution in [0.2, 0.25) is 5.02 Å². The van der Waals surface area contributed by atoms with Gasteiger partial charge in [-0.15, -0.1) is 0 Å². The molecule has 1 rings (SSSR count). The van der Waals surface area contributed by atoms with Crippen LogP contribution in [0, 0.1) is 12.8 Å². The van der Waals surface area contributed by atoms with E-state index >= 15 is 0 Å². The largest absolute Gasteiger partial charge is 0.481 e. The van der Waals surface area contributed by atoms with Gasteiger partial charge in [0, 0.05) is 17.1 Å². The van der Waals surface area contributed by atoms with Crippen LogP contribution >= 0.6 is 11.6 Å². The second kappa shape index (κ2) is 5.68. The molecule has 1 aromatic rings. The Morgan fingerprint density at radius 3 is 2.65 bits per heavy atom. The molecule has 0 saturated carbocycles. The Kier molecular flexibility index (Phi) is 4.52. The molecule has 0 fully saturated rings. The quantitative estimate of drug-likeness (QED) is 0.869. The van der Waals surface area contributed by atoms with Gasteiger partial charge < -0.3 is 10.4 Å². The van der Waals surface area contributed by atoms with E-state index in [1.54, 1.807) is 18.2 Å². The first kappa shape index (κ1) is 13.5. The van der Waals surface area contributed by atoms with Gasteiger partial charge >= 0.3 is 5.97 Å². The fourth-order valence-electron chi connectivity index (χ4n) is 1.33. The topological polar surface area (TPSA) is 66.4 Å². The summed E-state index contributed by atoms with van der Waals surface area (Å²) < 4.78 is 0. The average Bonchev–Trinajstić information content (AvgIpc) is 2.22. The van der Waals surface area contributed by atoms with Crippen LogP contribution in [0.4, 0.5) is 5.69 Å². The van der Waals surface area contributed by atoms with Gasteiger partial charge in [0.15, 0.2) is 0 Å². The number of aryl methyl sites for hydroxylation is 1. The molecule has 0 radical (unpaired) electrons. The van der Waals surface area contributed by atoms with Crippen LogP contribution in [0.25, 0.3) is 0 Å². The van der Waals surface area contributed by atoms with Crippen LogP contribution in [0.3, 0.4) is 0 Å². The van der Waals surface area contributed by atoms with Gasteiger partial charge in [-0.25, -0.2) is 0 Å². The number of halogens is 1. The number of nitrogens with one attached hydrogen (secondary N) is 1. The summed E-state index contributed by atoms with van der Waals surface area (Å²) in [5.41, 5.74) is 1.49. The molecule has 0 aliphatic carbocycles. The Morgan fingerprint density at radius 2 is 2.12 bits per heavy atom. The van der Waals surface area contributed by atoms with Gasteiger partial charge in [-0.3, -0.25) is 9.59 Å². The number of rotatable bonds is 4. The zero-order chi connectivity index (χ0) is 13.0. The fraction of sp³-hybridized carbons (Fsp3) is 0.333. The maximum absolute atomic E-state index is 11.6. The summed E-state index contributed by atoms with van der Waals surface area (Å²) in [6, 6.07) is 5.10. The fourth-order valence-corrected chi connectivity index (χ4v) is 1.56. The van der Waals surface area contributed by atoms with Gasteiger partial charge in [-0.2, -0.15) is 0 Å². The SMILES string of the molecule is Cc1cc(Cl)ccc1NC(=O)CC(C)C(=O)O. The molecule has 5 heteroatoms. The van der Waals surface area contributed by atoms with Gasteiger partial charge in [0.05, 0.1) is 5.92 Å². The number of carbonyl (C=O) groups is 2. The Morgan fingerprint density at radius 1 is 1.47 bits per heavy atom. The maximum Gasteiger partial charge on any atom is 0.306 e. The first-order valence-electron chi connectivity index (χ1n) is 5.19. The first-order valence-corrected chi connectivity index (χ1v) is 5.56. The van der Waals surface area contributed by atoms with E-state index in [-0.39, 0.29) is 12.3 Å². The van der Waals surface area contributed by atoms with Crippen molar-refractivity contribution < 1.29 is 14.7 Å². The van der Waals surface area contributed by atoms with E-state index in [0.717, 1.165) is 5.56 Å². The molecule has 0 saturated heterocycles. The van der Waals surface area contributed by atoms with Crippen LogP contribution in [-0.2, 0) is 9.59 Å². The van der Waals surface area contributed by atoms with Crippen LogP contribution in [0.15, 0.2) is 18.2 Å². The molecule has 1 amide bonds. The number of benzene rings is 1. The van der Waals surface area contributed by atoms with Crippen molar-refractivity contribution in [2.24, 2.45) is 5.92 Å². The molecule has 4 nitrogen and oxygen atoms in total. The molecule has 17 heavy (non-hydrogen) atoms. The lowest BCUT2D eigenvalue weighted by atomic mass is 10.1. The standard InChI is InChI=1S/C12H14ClNO3/c1-7-5-9(13)3-4-10(7)14-11(15)6-8(2)12(16)17/h3-5,8H,6H2,1-2H3,(H,14,15)(H,16,17). The van der Waals surface area contributed by atoms with Gasteiger partial charge in [-0.05, 0) is 30.7 Å². The third kappa shape index (κ3) is 4.07. The second-order valence-corrected chi connectivity index (χ2v) is 4.39. The van der Waals surface area contributed by atoms with E-state index in [1.165, 1.54) is 6.92 Å². The van der Waals surface area contributed by atoms with Crippen molar-refractivity contribution in [3.8, 4) is 0 Å². The van der Waals surface area contributed by atoms with E-state index in [2.05, 4.69) is 5.32 Å². The number of aliphatic carboxylic acids is 1. The van der Waals surface area contributed by atoms with Gasteiger partial charge in [0.2, 0.25) is 5.91 Å². The number of amides is 1. The molecular formula is C12H14ClNO3. The summed E-state index contributed by atoms with van der Waals surface area (Å²) in [4.78, 5) is 22.2. The second-order valence-electron chi connectivity index (χ2n) is 3.95. The van der Waals surface area contributed by atoms with Crippen molar-refractivity contribution in [1.29, 1.82) is 0 Å². The van der Waals surface area contributed by atoms with Crippen LogP contribution in [0.5, 0.6) is 0 Å². The lowest BCUT2D eigenvalue weighted by Crippen LogP contribution is -2.20. The van der Waals surface area contributed by atoms with E-state index in [0.29, 0.717) is 10.7 Å². The van der Waals surface area contributed by atoms with Gasteiger partial charge in [-0.1, -0.05) is 18.5 Å². The molecule has 1 unspecified atom stereocenters. The highest BCUT2D eigenvalue weighted by Crippen LogP contribution is 2.20. The molecule has 2 N–H and O–H groups in total. The van der Waals surface area contributed by atoms with E-state index < -0.39 is 11.9 Å². The lowest BCUT2D eigenvalue weighted by molar-refractivity contribution is -0.142. The molecule has 0 bridgehead atoms. The molecule has 0 heterocycles. The van der Waals surface area contributed by atoms with Gasteiger partial charge in [0.1, 0.15) is 0 Å². The maximum atomic E-state index is 11.6. The highest BCUT2D eigenvalue weighted by molar-refractivity contribution is 6.30. The number of hydrogen-bond acceptors (Lipinski definition) is 2. The normalized spacial score (nSPS) is 11.9. The molecule has 92 valence electrons. The summed E-state index contributed by atoms with van der Waals surface area (Å²) >= 11 is 5.79. The van der Waals surface area contributed by atoms with Crippen molar-refractivity contribution >= 4 is 29.2 Å². The smallest absolute Gasteiger partial charge is 0.306 e. The van der Waals surface area contributed by atoms with E-state index in [1.807, 2.05) is 6.92 Å². The minimum Gasteiger partial charge on any atom is -0.481 e. The van der Waals surface area contributed by atoms with Crippen molar-refractivity contribution in [2.45, 2.75) is 20.3 Å². The van der Waals surface area contributed by atoms with Crippen molar-refractivity contribution in [1.82, 2.24) is 0 Å². The zero-order valence-corrected chi connectivity index (χ0v) is 10.4. The highest BCUT2D eigenvalue weighted by atomic mass is 35.5. The molecular weight excluding hydrogens is 242 g/mol. The molecule has 0 aliphatic rings. The van der Waals surface area contributed by atoms with E-state index in [4.69, 9.17) is 16.7 Å². The minimum absolute atomic E-state index is 0.0442. The van der Waals surface area contributed by atoms with Crippen LogP contribution < -0.4 is 5.32 Å². The third-order valence-corrected chi connectivity index (χ3v) is 2.61. The van der Waals surface area contributed by atoms with Crippen LogP contribution in [0.1, 0.15) is 18.9 Å². The Labute approximate surface area is 105 Å². The Bertz CT molecular complexity index is 445. The lowest BCUT2D eigenvalue weighted by Gasteiger charge is -2.10. The third-order valence-electron chi connectivity index (χ3n) is 2.38. The summed E-state index contributed by atoms with van der Waals surface area (Å²) in [6.45, 7) is 3.32. The number of carboxylic acids is 1. The highest BCUT2D eigenvalue weighted by Gasteiger charge is 2.16. The number of carboxylic acid groups (broad SMARTS) is 1. The average molecular weight is 256 g/mol. The van der Waals surface area contributed by atoms with Crippen LogP contribution in [-0.4, -0.2) is 17.0 Å². The Balaban J connectivity index is 2.65. The monoisotopic (exact) mass is 255 g/mol. The zero-order valence-electron chi connectivity index (χ0n) is 9.66. The van der Waals surface area contributed by atoms with Gasteiger partial charge in [0.25, 0.3) is 0 Å². The summed E-state index contributed by atoms with van der Waals surface area (Å²) in [7, 11) is 0. The predicted octanol–water partition coefficient (Wildman–Crippen LogP) is 2.70. The molecule has 0 aliphatic heterocycles. The summed E-state index contributed by atoms with van der Waals surface area (Å²) in [5.74, 6) is -1.99. The molecule has 1 aromatic carbocycles. The predicted molar refractivity (Wildman–Crippen MR) is 66.2 cm³/mol. The number of hydrogen-bond donors (Lipinski definition) is 2. The van der Waals surface area contributed by atoms with Crippen molar-refractivity contribution in [2.75, 3.05) is 5.32 Å². The first-order chi connectivity index (χ1) is 7.90. The van der Waals surface area contributed by atoms with Crippen molar-refractivity contribution in [3.05, 3.63) is 28.8 Å². The number of anilines is 1. The Hall–Kier alpha value is -1.55. The molecule has 0 spiro atoms. The summed E-state index contributed by atoms with van der Waals surface area (Å²) in [5, 5.41) is 11.9. The van der Waals surface area contributed by atoms with E-state index in [9.17, 15) is 9.59 Å². The van der Waals surface area contributed by atoms with Crippen molar-refractivity contribution in [3.63, 3.8) is 0 Å². The molecule has 0 aromatic heterocycles. The number of carbonyl (C=O) groups excluding carboxylic acids is 1. The summed E-state index contributed by atoms with van der Waals surface area (Å²) in [6.07, 6.45) is -0.0442.